The molecule has 96 valence electrons. The average Bonchev–Trinajstić information content (AvgIpc) is 2.85. The Morgan fingerprint density at radius 2 is 1.89 bits per heavy atom. The zero-order valence-corrected chi connectivity index (χ0v) is 11.9. The summed E-state index contributed by atoms with van der Waals surface area (Å²) in [6, 6.07) is 15.7. The van der Waals surface area contributed by atoms with E-state index in [1.54, 1.807) is 0 Å². The third-order valence-corrected chi connectivity index (χ3v) is 3.91. The van der Waals surface area contributed by atoms with E-state index in [0.29, 0.717) is 13.0 Å². The van der Waals surface area contributed by atoms with E-state index in [1.165, 1.54) is 0 Å². The lowest BCUT2D eigenvalue weighted by atomic mass is 9.93. The van der Waals surface area contributed by atoms with Crippen LogP contribution in [0.4, 0.5) is 0 Å². The van der Waals surface area contributed by atoms with Gasteiger partial charge in [0.15, 0.2) is 0 Å². The Hall–Kier alpha value is -1.61. The minimum atomic E-state index is -0.125. The van der Waals surface area contributed by atoms with Crippen LogP contribution in [-0.2, 0) is 11.2 Å². The molecule has 0 fully saturated rings. The largest absolute Gasteiger partial charge is 0.492 e. The number of para-hydroxylation sites is 1. The van der Waals surface area contributed by atoms with Gasteiger partial charge in [0.25, 0.3) is 0 Å². The Kier molecular flexibility index (Phi) is 3.38. The lowest BCUT2D eigenvalue weighted by Gasteiger charge is -2.08. The number of halogens is 1. The molecule has 0 amide bonds. The number of Topliss-reactive ketones (excluding diaryl/α,β-unsaturated/α-hetero) is 1. The summed E-state index contributed by atoms with van der Waals surface area (Å²) in [6.45, 7) is 0.467. The lowest BCUT2D eigenvalue weighted by Crippen LogP contribution is -2.16. The van der Waals surface area contributed by atoms with E-state index in [1.807, 2.05) is 48.5 Å². The van der Waals surface area contributed by atoms with E-state index >= 15 is 0 Å². The highest BCUT2D eigenvalue weighted by Gasteiger charge is 2.29. The van der Waals surface area contributed by atoms with E-state index in [4.69, 9.17) is 4.74 Å². The number of ketones is 1. The fourth-order valence-electron chi connectivity index (χ4n) is 2.36. The predicted molar refractivity (Wildman–Crippen MR) is 77.5 cm³/mol. The topological polar surface area (TPSA) is 26.3 Å². The maximum Gasteiger partial charge on any atom is 0.148 e. The molecule has 2 aromatic carbocycles. The monoisotopic (exact) mass is 316 g/mol. The van der Waals surface area contributed by atoms with Crippen molar-refractivity contribution in [1.82, 2.24) is 0 Å². The van der Waals surface area contributed by atoms with E-state index in [9.17, 15) is 4.79 Å². The number of rotatable bonds is 3. The quantitative estimate of drug-likeness (QED) is 0.862. The van der Waals surface area contributed by atoms with Crippen molar-refractivity contribution in [3.05, 3.63) is 64.1 Å². The molecule has 19 heavy (non-hydrogen) atoms. The zero-order valence-electron chi connectivity index (χ0n) is 10.3. The summed E-state index contributed by atoms with van der Waals surface area (Å²) in [5.41, 5.74) is 2.06. The average molecular weight is 317 g/mol. The van der Waals surface area contributed by atoms with Gasteiger partial charge in [-0.1, -0.05) is 46.3 Å². The maximum atomic E-state index is 12.4. The van der Waals surface area contributed by atoms with Crippen LogP contribution in [0.25, 0.3) is 0 Å². The molecular formula is C16H13BrO2. The number of fused-ring (bicyclic) bond motifs is 1. The molecule has 2 aromatic rings. The fourth-order valence-corrected chi connectivity index (χ4v) is 2.62. The second-order valence-corrected chi connectivity index (χ2v) is 5.59. The Labute approximate surface area is 120 Å². The summed E-state index contributed by atoms with van der Waals surface area (Å²) >= 11 is 3.39. The number of ether oxygens (including phenoxy) is 1. The second-order valence-electron chi connectivity index (χ2n) is 4.67. The zero-order chi connectivity index (χ0) is 13.2. The number of hydrogen-bond acceptors (Lipinski definition) is 2. The molecule has 1 unspecified atom stereocenters. The van der Waals surface area contributed by atoms with Crippen LogP contribution in [0.1, 0.15) is 17.0 Å². The van der Waals surface area contributed by atoms with Gasteiger partial charge in [-0.05, 0) is 23.8 Å². The number of hydrogen-bond donors (Lipinski definition) is 0. The highest BCUT2D eigenvalue weighted by Crippen LogP contribution is 2.34. The maximum absolute atomic E-state index is 12.4. The highest BCUT2D eigenvalue weighted by atomic mass is 79.9. The molecule has 3 rings (SSSR count). The molecule has 3 heteroatoms. The van der Waals surface area contributed by atoms with Crippen LogP contribution in [0, 0.1) is 0 Å². The van der Waals surface area contributed by atoms with Gasteiger partial charge in [-0.15, -0.1) is 0 Å². The van der Waals surface area contributed by atoms with Crippen molar-refractivity contribution in [1.29, 1.82) is 0 Å². The molecule has 0 aliphatic carbocycles. The molecule has 0 saturated carbocycles. The minimum absolute atomic E-state index is 0.125. The first-order chi connectivity index (χ1) is 9.24. The van der Waals surface area contributed by atoms with Crippen molar-refractivity contribution in [2.45, 2.75) is 12.3 Å². The van der Waals surface area contributed by atoms with Gasteiger partial charge < -0.3 is 4.74 Å². The van der Waals surface area contributed by atoms with E-state index < -0.39 is 0 Å². The Bertz CT molecular complexity index is 604. The van der Waals surface area contributed by atoms with Crippen molar-refractivity contribution in [3.8, 4) is 5.75 Å². The van der Waals surface area contributed by atoms with Crippen molar-refractivity contribution >= 4 is 21.7 Å². The normalized spacial score (nSPS) is 16.8. The summed E-state index contributed by atoms with van der Waals surface area (Å²) in [4.78, 5) is 12.4. The Morgan fingerprint density at radius 3 is 2.68 bits per heavy atom. The van der Waals surface area contributed by atoms with Crippen molar-refractivity contribution in [2.24, 2.45) is 0 Å². The summed E-state index contributed by atoms with van der Waals surface area (Å²) < 4.78 is 6.59. The molecule has 2 nitrogen and oxygen atoms in total. The molecule has 1 aliphatic heterocycles. The van der Waals surface area contributed by atoms with Crippen LogP contribution in [-0.4, -0.2) is 12.4 Å². The Morgan fingerprint density at radius 1 is 1.16 bits per heavy atom. The van der Waals surface area contributed by atoms with Gasteiger partial charge in [0, 0.05) is 16.5 Å². The van der Waals surface area contributed by atoms with Crippen molar-refractivity contribution in [3.63, 3.8) is 0 Å². The molecule has 1 heterocycles. The third kappa shape index (κ3) is 2.56. The second kappa shape index (κ2) is 5.17. The number of carbonyl (C=O) groups is 1. The lowest BCUT2D eigenvalue weighted by molar-refractivity contribution is -0.120. The van der Waals surface area contributed by atoms with Gasteiger partial charge in [-0.3, -0.25) is 4.79 Å². The van der Waals surface area contributed by atoms with Crippen LogP contribution >= 0.6 is 15.9 Å². The van der Waals surface area contributed by atoms with Gasteiger partial charge >= 0.3 is 0 Å². The molecular weight excluding hydrogens is 304 g/mol. The highest BCUT2D eigenvalue weighted by molar-refractivity contribution is 9.10. The van der Waals surface area contributed by atoms with Crippen molar-refractivity contribution in [2.75, 3.05) is 6.61 Å². The smallest absolute Gasteiger partial charge is 0.148 e. The first kappa shape index (κ1) is 12.4. The summed E-state index contributed by atoms with van der Waals surface area (Å²) in [5.74, 6) is 0.934. The predicted octanol–water partition coefficient (Wildman–Crippen LogP) is 3.74. The van der Waals surface area contributed by atoms with Crippen molar-refractivity contribution < 1.29 is 9.53 Å². The minimum Gasteiger partial charge on any atom is -0.492 e. The van der Waals surface area contributed by atoms with Crippen LogP contribution in [0.2, 0.25) is 0 Å². The number of benzene rings is 2. The van der Waals surface area contributed by atoms with Gasteiger partial charge in [0.2, 0.25) is 0 Å². The molecule has 0 saturated heterocycles. The molecule has 0 bridgehead atoms. The van der Waals surface area contributed by atoms with Gasteiger partial charge in [0.1, 0.15) is 18.1 Å². The molecule has 0 spiro atoms. The third-order valence-electron chi connectivity index (χ3n) is 3.38. The number of carbonyl (C=O) groups excluding carboxylic acids is 1. The fraction of sp³-hybridized carbons (Fsp3) is 0.188. The summed E-state index contributed by atoms with van der Waals surface area (Å²) in [7, 11) is 0. The SMILES string of the molecule is O=C(Cc1ccc(Br)cc1)C1COc2ccccc21. The van der Waals surface area contributed by atoms with Gasteiger partial charge in [-0.25, -0.2) is 0 Å². The van der Waals surface area contributed by atoms with Crippen LogP contribution in [0.5, 0.6) is 5.75 Å². The summed E-state index contributed by atoms with van der Waals surface area (Å²) in [6.07, 6.45) is 0.454. The summed E-state index contributed by atoms with van der Waals surface area (Å²) in [5, 5.41) is 0. The molecule has 0 aromatic heterocycles. The van der Waals surface area contributed by atoms with Gasteiger partial charge in [-0.2, -0.15) is 0 Å². The first-order valence-corrected chi connectivity index (χ1v) is 7.02. The molecule has 0 radical (unpaired) electrons. The first-order valence-electron chi connectivity index (χ1n) is 6.23. The molecule has 1 atom stereocenters. The van der Waals surface area contributed by atoms with E-state index in [0.717, 1.165) is 21.3 Å². The molecule has 0 N–H and O–H groups in total. The van der Waals surface area contributed by atoms with Crippen LogP contribution < -0.4 is 4.74 Å². The van der Waals surface area contributed by atoms with Crippen LogP contribution in [0.3, 0.4) is 0 Å². The van der Waals surface area contributed by atoms with Crippen LogP contribution in [0.15, 0.2) is 53.0 Å². The standard InChI is InChI=1S/C16H13BrO2/c17-12-7-5-11(6-8-12)9-15(18)14-10-19-16-4-2-1-3-13(14)16/h1-8,14H,9-10H2. The van der Waals surface area contributed by atoms with E-state index in [-0.39, 0.29) is 11.7 Å². The van der Waals surface area contributed by atoms with E-state index in [2.05, 4.69) is 15.9 Å². The van der Waals surface area contributed by atoms with Gasteiger partial charge in [0.05, 0.1) is 5.92 Å². The molecule has 1 aliphatic rings. The Balaban J connectivity index is 1.77.